The maximum Gasteiger partial charge on any atom is 0.333 e. The third-order valence-electron chi connectivity index (χ3n) is 4.00. The van der Waals surface area contributed by atoms with Gasteiger partial charge in [-0.15, -0.1) is 0 Å². The normalized spacial score (nSPS) is 14.6. The largest absolute Gasteiger partial charge is 0.463 e. The minimum Gasteiger partial charge on any atom is -0.463 e. The fourth-order valence-corrected chi connectivity index (χ4v) is 2.22. The lowest BCUT2D eigenvalue weighted by Gasteiger charge is -2.35. The Morgan fingerprint density at radius 3 is 2.03 bits per heavy atom. The van der Waals surface area contributed by atoms with Crippen molar-refractivity contribution >= 4 is 17.8 Å². The lowest BCUT2D eigenvalue weighted by Crippen LogP contribution is -2.62. The molecule has 2 atom stereocenters. The van der Waals surface area contributed by atoms with E-state index < -0.39 is 28.9 Å². The van der Waals surface area contributed by atoms with Gasteiger partial charge in [0.05, 0.1) is 13.2 Å². The maximum absolute atomic E-state index is 12.9. The Bertz CT molecular complexity index is 580. The molecule has 0 fully saturated rings. The van der Waals surface area contributed by atoms with Crippen LogP contribution in [0.25, 0.3) is 0 Å². The molecule has 2 unspecified atom stereocenters. The van der Waals surface area contributed by atoms with E-state index >= 15 is 0 Å². The summed E-state index contributed by atoms with van der Waals surface area (Å²) < 4.78 is 9.90. The molecular weight excluding hydrogens is 386 g/mol. The van der Waals surface area contributed by atoms with Crippen LogP contribution in [0.15, 0.2) is 11.6 Å². The highest BCUT2D eigenvalue weighted by Gasteiger charge is 2.38. The van der Waals surface area contributed by atoms with E-state index in [4.69, 9.17) is 15.2 Å². The van der Waals surface area contributed by atoms with E-state index in [0.717, 1.165) is 0 Å². The number of hydrogen-bond acceptors (Lipinski definition) is 6. The van der Waals surface area contributed by atoms with Crippen molar-refractivity contribution in [3.05, 3.63) is 11.6 Å². The van der Waals surface area contributed by atoms with Crippen LogP contribution in [0.5, 0.6) is 0 Å². The fourth-order valence-electron chi connectivity index (χ4n) is 2.22. The third kappa shape index (κ3) is 11.3. The van der Waals surface area contributed by atoms with Gasteiger partial charge in [-0.05, 0) is 26.2 Å². The Morgan fingerprint density at radius 2 is 1.63 bits per heavy atom. The first-order valence-corrected chi connectivity index (χ1v) is 10.4. The maximum atomic E-state index is 12.9. The highest BCUT2D eigenvalue weighted by atomic mass is 16.5. The molecular formula is C22H43N3O5. The summed E-state index contributed by atoms with van der Waals surface area (Å²) in [5, 5.41) is 2.75. The van der Waals surface area contributed by atoms with Gasteiger partial charge in [0.25, 0.3) is 0 Å². The van der Waals surface area contributed by atoms with E-state index in [1.807, 2.05) is 20.8 Å². The second-order valence-electron chi connectivity index (χ2n) is 8.66. The molecule has 0 heterocycles. The summed E-state index contributed by atoms with van der Waals surface area (Å²) >= 11 is 0. The smallest absolute Gasteiger partial charge is 0.333 e. The molecule has 8 heteroatoms. The summed E-state index contributed by atoms with van der Waals surface area (Å²) in [7, 11) is 3.07. The lowest BCUT2D eigenvalue weighted by atomic mass is 9.85. The van der Waals surface area contributed by atoms with Crippen LogP contribution in [0.1, 0.15) is 61.8 Å². The number of likely N-dealkylation sites (N-methyl/N-ethyl adjacent to an activating group) is 1. The molecule has 30 heavy (non-hydrogen) atoms. The molecule has 0 aromatic rings. The SMILES string of the molecule is CCC.CCOC(=O)/C(C)=C/CN(C)C(=O)C(NC(=O)C(C)(N)COC)C(C)(C)C. The van der Waals surface area contributed by atoms with Crippen LogP contribution in [0.3, 0.4) is 0 Å². The van der Waals surface area contributed by atoms with Gasteiger partial charge in [0, 0.05) is 26.3 Å². The highest BCUT2D eigenvalue weighted by molar-refractivity contribution is 5.92. The van der Waals surface area contributed by atoms with E-state index in [1.54, 1.807) is 33.9 Å². The van der Waals surface area contributed by atoms with Crippen molar-refractivity contribution < 1.29 is 23.9 Å². The first-order chi connectivity index (χ1) is 13.7. The van der Waals surface area contributed by atoms with E-state index in [2.05, 4.69) is 19.2 Å². The number of rotatable bonds is 9. The second kappa shape index (κ2) is 14.1. The van der Waals surface area contributed by atoms with Gasteiger partial charge in [-0.2, -0.15) is 0 Å². The van der Waals surface area contributed by atoms with E-state index in [9.17, 15) is 14.4 Å². The first kappa shape index (κ1) is 30.3. The summed E-state index contributed by atoms with van der Waals surface area (Å²) in [6.07, 6.45) is 2.87. The Morgan fingerprint density at radius 1 is 1.13 bits per heavy atom. The van der Waals surface area contributed by atoms with Gasteiger partial charge in [0.15, 0.2) is 0 Å². The molecule has 0 aromatic heterocycles. The topological polar surface area (TPSA) is 111 Å². The zero-order chi connectivity index (χ0) is 24.1. The number of nitrogens with zero attached hydrogens (tertiary/aromatic N) is 1. The predicted octanol–water partition coefficient (Wildman–Crippen LogP) is 2.27. The highest BCUT2D eigenvalue weighted by Crippen LogP contribution is 2.22. The molecule has 0 aliphatic heterocycles. The van der Waals surface area contributed by atoms with Gasteiger partial charge in [-0.1, -0.05) is 47.1 Å². The molecule has 0 saturated heterocycles. The van der Waals surface area contributed by atoms with Crippen LogP contribution in [0.2, 0.25) is 0 Å². The average Bonchev–Trinajstić information content (AvgIpc) is 2.62. The number of nitrogens with one attached hydrogen (secondary N) is 1. The Hall–Kier alpha value is -1.93. The molecule has 0 aromatic carbocycles. The standard InChI is InChI=1S/C19H35N3O5.C3H8/c1-9-27-16(24)13(2)10-11-22(7)15(23)14(18(3,4)5)21-17(25)19(6,20)12-26-8;1-3-2/h10,14H,9,11-12,20H2,1-8H3,(H,21,25);3H2,1-2H3/b13-10+;. The van der Waals surface area contributed by atoms with E-state index in [0.29, 0.717) is 5.57 Å². The van der Waals surface area contributed by atoms with Crippen molar-refractivity contribution in [1.82, 2.24) is 10.2 Å². The molecule has 176 valence electrons. The van der Waals surface area contributed by atoms with Crippen LogP contribution >= 0.6 is 0 Å². The fraction of sp³-hybridized carbons (Fsp3) is 0.773. The quantitative estimate of drug-likeness (QED) is 0.430. The van der Waals surface area contributed by atoms with Crippen LogP contribution in [-0.2, 0) is 23.9 Å². The van der Waals surface area contributed by atoms with Crippen molar-refractivity contribution in [1.29, 1.82) is 0 Å². The zero-order valence-electron chi connectivity index (χ0n) is 20.5. The molecule has 0 saturated carbocycles. The predicted molar refractivity (Wildman–Crippen MR) is 120 cm³/mol. The van der Waals surface area contributed by atoms with Gasteiger partial charge in [0.1, 0.15) is 11.6 Å². The Kier molecular flexibility index (Phi) is 14.3. The van der Waals surface area contributed by atoms with Crippen molar-refractivity contribution in [2.45, 2.75) is 73.4 Å². The molecule has 0 aliphatic rings. The minimum absolute atomic E-state index is 0.0290. The number of esters is 1. The van der Waals surface area contributed by atoms with Crippen molar-refractivity contribution in [2.24, 2.45) is 11.1 Å². The van der Waals surface area contributed by atoms with E-state index in [-0.39, 0.29) is 25.7 Å². The molecule has 3 N–H and O–H groups in total. The number of ether oxygens (including phenoxy) is 2. The Labute approximate surface area is 182 Å². The number of hydrogen-bond donors (Lipinski definition) is 2. The summed E-state index contributed by atoms with van der Waals surface area (Å²) in [6, 6.07) is -0.786. The third-order valence-corrected chi connectivity index (χ3v) is 4.00. The number of methoxy groups -OCH3 is 1. The van der Waals surface area contributed by atoms with Gasteiger partial charge >= 0.3 is 5.97 Å². The van der Waals surface area contributed by atoms with E-state index in [1.165, 1.54) is 18.4 Å². The van der Waals surface area contributed by atoms with Crippen LogP contribution in [0.4, 0.5) is 0 Å². The second-order valence-corrected chi connectivity index (χ2v) is 8.66. The molecule has 0 rings (SSSR count). The van der Waals surface area contributed by atoms with Gasteiger partial charge < -0.3 is 25.4 Å². The van der Waals surface area contributed by atoms with Crippen LogP contribution in [-0.4, -0.2) is 68.2 Å². The number of amides is 2. The zero-order valence-corrected chi connectivity index (χ0v) is 20.5. The number of carbonyl (C=O) groups excluding carboxylic acids is 3. The molecule has 2 amide bonds. The summed E-state index contributed by atoms with van der Waals surface area (Å²) in [6.45, 7) is 15.2. The van der Waals surface area contributed by atoms with Crippen LogP contribution < -0.4 is 11.1 Å². The lowest BCUT2D eigenvalue weighted by molar-refractivity contribution is -0.140. The van der Waals surface area contributed by atoms with Gasteiger partial charge in [-0.3, -0.25) is 9.59 Å². The minimum atomic E-state index is -1.25. The van der Waals surface area contributed by atoms with Gasteiger partial charge in [-0.25, -0.2) is 4.79 Å². The average molecular weight is 430 g/mol. The molecule has 8 nitrogen and oxygen atoms in total. The van der Waals surface area contributed by atoms with Crippen molar-refractivity contribution in [2.75, 3.05) is 33.9 Å². The van der Waals surface area contributed by atoms with Crippen molar-refractivity contribution in [3.8, 4) is 0 Å². The van der Waals surface area contributed by atoms with Crippen LogP contribution in [0, 0.1) is 5.41 Å². The summed E-state index contributed by atoms with van der Waals surface area (Å²) in [5.74, 6) is -1.17. The molecule has 0 aliphatic carbocycles. The first-order valence-electron chi connectivity index (χ1n) is 10.4. The molecule has 0 radical (unpaired) electrons. The molecule has 0 spiro atoms. The Balaban J connectivity index is 0. The summed E-state index contributed by atoms with van der Waals surface area (Å²) in [4.78, 5) is 38.5. The summed E-state index contributed by atoms with van der Waals surface area (Å²) in [5.41, 5.74) is 4.60. The monoisotopic (exact) mass is 429 g/mol. The van der Waals surface area contributed by atoms with Gasteiger partial charge in [0.2, 0.25) is 11.8 Å². The molecule has 0 bridgehead atoms. The number of nitrogens with two attached hydrogens (primary N) is 1. The number of carbonyl (C=O) groups is 3. The van der Waals surface area contributed by atoms with Crippen molar-refractivity contribution in [3.63, 3.8) is 0 Å².